The van der Waals surface area contributed by atoms with Gasteiger partial charge in [0.05, 0.1) is 79.4 Å². The summed E-state index contributed by atoms with van der Waals surface area (Å²) < 4.78 is 84.3. The maximum Gasteiger partial charge on any atom is 0.471 e. The number of aliphatic hydroxyl groups excluding tert-OH is 2. The first kappa shape index (κ1) is 43.7. The maximum atomic E-state index is 14.1. The number of Topliss-reactive ketones (excluding diaryl/α,β-unsaturated/α-hetero) is 1. The van der Waals surface area contributed by atoms with E-state index in [-0.39, 0.29) is 86.2 Å². The van der Waals surface area contributed by atoms with Crippen molar-refractivity contribution >= 4 is 11.7 Å². The molecule has 1 amide bonds. The number of ether oxygens (including phenoxy) is 7. The number of halogens is 3. The lowest BCUT2D eigenvalue weighted by Gasteiger charge is -2.61. The predicted octanol–water partition coefficient (Wildman–Crippen LogP) is 3.98. The molecule has 8 saturated heterocycles. The van der Waals surface area contributed by atoms with Crippen molar-refractivity contribution in [3.8, 4) is 0 Å². The van der Waals surface area contributed by atoms with Crippen LogP contribution in [0, 0.1) is 23.7 Å². The Morgan fingerprint density at radius 3 is 2.39 bits per heavy atom. The van der Waals surface area contributed by atoms with Crippen molar-refractivity contribution in [3.05, 3.63) is 24.3 Å². The minimum atomic E-state index is -5.09. The number of methoxy groups -OCH3 is 1. The molecule has 11 bridgehead atoms. The van der Waals surface area contributed by atoms with Gasteiger partial charge in [-0.25, -0.2) is 0 Å². The summed E-state index contributed by atoms with van der Waals surface area (Å²) in [4.78, 5) is 25.6. The number of ketones is 1. The van der Waals surface area contributed by atoms with E-state index in [1.807, 2.05) is 0 Å². The third kappa shape index (κ3) is 9.24. The zero-order chi connectivity index (χ0) is 42.0. The van der Waals surface area contributed by atoms with Gasteiger partial charge in [-0.1, -0.05) is 20.1 Å². The number of hydrogen-bond donors (Lipinski definition) is 4. The number of amides is 1. The summed E-state index contributed by atoms with van der Waals surface area (Å²) in [6, 6.07) is 0. The lowest BCUT2D eigenvalue weighted by molar-refractivity contribution is -0.369. The van der Waals surface area contributed by atoms with Crippen molar-refractivity contribution in [1.29, 1.82) is 0 Å². The summed E-state index contributed by atoms with van der Waals surface area (Å²) in [7, 11) is 1.48. The summed E-state index contributed by atoms with van der Waals surface area (Å²) in [5.41, 5.74) is 1.89. The van der Waals surface area contributed by atoms with E-state index < -0.39 is 85.3 Å². The normalized spacial score (nSPS) is 47.3. The molecular weight excluding hydrogens is 779 g/mol. The molecule has 9 aliphatic rings. The molecule has 0 aromatic heterocycles. The number of carbonyl (C=O) groups is 2. The van der Waals surface area contributed by atoms with E-state index in [1.54, 1.807) is 5.32 Å². The molecule has 0 radical (unpaired) electrons. The van der Waals surface area contributed by atoms with Crippen LogP contribution in [0.25, 0.3) is 0 Å². The van der Waals surface area contributed by atoms with Crippen molar-refractivity contribution < 1.29 is 71.2 Å². The minimum Gasteiger partial charge on any atom is -0.393 e. The summed E-state index contributed by atoms with van der Waals surface area (Å²) >= 11 is 0. The fourth-order valence-electron chi connectivity index (χ4n) is 11.6. The Labute approximate surface area is 343 Å². The molecule has 1 aliphatic carbocycles. The minimum absolute atomic E-state index is 0.0479. The molecule has 8 heterocycles. The Morgan fingerprint density at radius 1 is 0.881 bits per heavy atom. The Hall–Kier alpha value is -1.99. The SMILES string of the molecule is C=C1C[C@@H]2CC[C@@]3(O)C[C@@H](O)[C@@H]4CC5C4O[C@H]4CC[C@H](CC(=O)C[C@@H]6[C@@H](OC)[C@@H](C[C@H](O)CNC(=O)C(F)(F)F)O[C@H]6C[C@H]6O[C@@H](CC[C@@H]1O2)C[C@@H](C)C6=C)O[C@@H]4[C@@H]5O3. The van der Waals surface area contributed by atoms with E-state index in [4.69, 9.17) is 33.2 Å². The summed E-state index contributed by atoms with van der Waals surface area (Å²) in [5, 5.41) is 35.9. The third-order valence-corrected chi connectivity index (χ3v) is 14.8. The van der Waals surface area contributed by atoms with Gasteiger partial charge in [0.1, 0.15) is 11.9 Å². The Bertz CT molecular complexity index is 1580. The van der Waals surface area contributed by atoms with Crippen molar-refractivity contribution in [2.45, 2.75) is 194 Å². The van der Waals surface area contributed by atoms with Crippen LogP contribution < -0.4 is 5.32 Å². The second-order valence-corrected chi connectivity index (χ2v) is 18.8. The van der Waals surface area contributed by atoms with Gasteiger partial charge in [-0.05, 0) is 68.4 Å². The van der Waals surface area contributed by atoms with Crippen molar-refractivity contribution in [2.75, 3.05) is 13.7 Å². The molecule has 0 aromatic carbocycles. The first-order chi connectivity index (χ1) is 28.0. The molecule has 1 saturated carbocycles. The summed E-state index contributed by atoms with van der Waals surface area (Å²) in [6.07, 6.45) is -6.28. The molecule has 4 N–H and O–H groups in total. The van der Waals surface area contributed by atoms with Crippen LogP contribution in [0.1, 0.15) is 96.8 Å². The van der Waals surface area contributed by atoms with Crippen LogP contribution in [-0.4, -0.2) is 138 Å². The molecule has 0 spiro atoms. The van der Waals surface area contributed by atoms with E-state index in [9.17, 15) is 38.1 Å². The van der Waals surface area contributed by atoms with Crippen LogP contribution in [0.4, 0.5) is 13.2 Å². The number of aliphatic hydroxyl groups is 3. The Kier molecular flexibility index (Phi) is 12.8. The van der Waals surface area contributed by atoms with Gasteiger partial charge in [0.15, 0.2) is 5.79 Å². The van der Waals surface area contributed by atoms with E-state index >= 15 is 0 Å². The first-order valence-electron chi connectivity index (χ1n) is 21.8. The highest BCUT2D eigenvalue weighted by atomic mass is 19.4. The van der Waals surface area contributed by atoms with Gasteiger partial charge in [-0.2, -0.15) is 13.2 Å². The molecule has 59 heavy (non-hydrogen) atoms. The zero-order valence-corrected chi connectivity index (χ0v) is 34.1. The summed E-state index contributed by atoms with van der Waals surface area (Å²) in [5.74, 6) is -4.39. The standard InChI is InChI=1S/C43H62F3NO12/c1-20-11-25-5-7-32-21(2)12-27(54-32)9-10-42(52)18-31(50)28-16-30-37(28)58-33-8-6-26(56-40(33)39(30)59-42)13-23(48)14-29-35(17-34(55-25)22(20)3)57-36(38(29)53-4)15-24(49)19-47-41(51)43(44,45)46/h20,24-40,49-50,52H,2-3,5-19H2,1,4H3,(H,47,51)/t20-,24+,25+,26-,27+,28+,29+,30?,31-,32+,33+,34-,35+,36-,37?,38-,39-,40+,42+/m1/s1. The second-order valence-electron chi connectivity index (χ2n) is 18.8. The monoisotopic (exact) mass is 841 g/mol. The molecular formula is C43H62F3NO12. The molecule has 16 heteroatoms. The summed E-state index contributed by atoms with van der Waals surface area (Å²) in [6.45, 7) is 10.2. The molecule has 8 aliphatic heterocycles. The smallest absolute Gasteiger partial charge is 0.393 e. The van der Waals surface area contributed by atoms with Gasteiger partial charge in [-0.15, -0.1) is 0 Å². The fourth-order valence-corrected chi connectivity index (χ4v) is 11.6. The van der Waals surface area contributed by atoms with Crippen LogP contribution in [0.15, 0.2) is 24.3 Å². The number of carbonyl (C=O) groups excluding carboxylic acids is 2. The first-order valence-corrected chi connectivity index (χ1v) is 21.8. The lowest BCUT2D eigenvalue weighted by Crippen LogP contribution is -2.70. The highest BCUT2D eigenvalue weighted by molar-refractivity contribution is 5.81. The highest BCUT2D eigenvalue weighted by Gasteiger charge is 2.62. The average Bonchev–Trinajstić information content (AvgIpc) is 3.67. The Morgan fingerprint density at radius 2 is 1.63 bits per heavy atom. The van der Waals surface area contributed by atoms with Crippen LogP contribution in [0.2, 0.25) is 0 Å². The van der Waals surface area contributed by atoms with E-state index in [0.29, 0.717) is 51.4 Å². The molecule has 13 nitrogen and oxygen atoms in total. The topological polar surface area (TPSA) is 171 Å². The molecule has 332 valence electrons. The van der Waals surface area contributed by atoms with Gasteiger partial charge >= 0.3 is 12.1 Å². The predicted molar refractivity (Wildman–Crippen MR) is 203 cm³/mol. The molecule has 2 unspecified atom stereocenters. The number of alkyl halides is 3. The molecule has 9 rings (SSSR count). The van der Waals surface area contributed by atoms with E-state index in [2.05, 4.69) is 20.1 Å². The van der Waals surface area contributed by atoms with Crippen LogP contribution in [0.5, 0.6) is 0 Å². The van der Waals surface area contributed by atoms with Gasteiger partial charge in [-0.3, -0.25) is 9.59 Å². The van der Waals surface area contributed by atoms with Crippen molar-refractivity contribution in [2.24, 2.45) is 23.7 Å². The van der Waals surface area contributed by atoms with E-state index in [0.717, 1.165) is 17.6 Å². The van der Waals surface area contributed by atoms with Gasteiger partial charge in [0.2, 0.25) is 0 Å². The lowest BCUT2D eigenvalue weighted by atomic mass is 9.61. The Balaban J connectivity index is 1.04. The number of nitrogens with one attached hydrogen (secondary N) is 1. The average molecular weight is 842 g/mol. The fraction of sp³-hybridized carbons (Fsp3) is 0.860. The quantitative estimate of drug-likeness (QED) is 0.294. The maximum absolute atomic E-state index is 14.1. The molecule has 0 aromatic rings. The van der Waals surface area contributed by atoms with Crippen molar-refractivity contribution in [3.63, 3.8) is 0 Å². The van der Waals surface area contributed by atoms with Gasteiger partial charge in [0, 0.05) is 69.9 Å². The second kappa shape index (κ2) is 17.3. The zero-order valence-electron chi connectivity index (χ0n) is 34.1. The van der Waals surface area contributed by atoms with Crippen molar-refractivity contribution in [1.82, 2.24) is 5.32 Å². The van der Waals surface area contributed by atoms with E-state index in [1.165, 1.54) is 7.11 Å². The van der Waals surface area contributed by atoms with Crippen LogP contribution in [-0.2, 0) is 42.7 Å². The third-order valence-electron chi connectivity index (χ3n) is 14.8. The highest BCUT2D eigenvalue weighted by Crippen LogP contribution is 2.54. The van der Waals surface area contributed by atoms with Crippen LogP contribution >= 0.6 is 0 Å². The number of rotatable bonds is 5. The van der Waals surface area contributed by atoms with Crippen LogP contribution in [0.3, 0.4) is 0 Å². The number of hydrogen-bond acceptors (Lipinski definition) is 12. The number of fused-ring (bicyclic) bond motifs is 7. The van der Waals surface area contributed by atoms with Gasteiger partial charge in [0.25, 0.3) is 0 Å². The largest absolute Gasteiger partial charge is 0.471 e. The molecule has 9 fully saturated rings. The molecule has 19 atom stereocenters. The van der Waals surface area contributed by atoms with Gasteiger partial charge < -0.3 is 53.8 Å².